The number of hydrogen-bond acceptors (Lipinski definition) is 0. The normalized spacial score (nSPS) is 7.34. The van der Waals surface area contributed by atoms with Gasteiger partial charge in [-0.05, 0) is 39.4 Å². The molecule has 0 aliphatic heterocycles. The van der Waals surface area contributed by atoms with Crippen molar-refractivity contribution in [1.29, 1.82) is 0 Å². The quantitative estimate of drug-likeness (QED) is 0.142. The molecule has 0 amide bonds. The number of hydrogen-bond donors (Lipinski definition) is 0. The van der Waals surface area contributed by atoms with E-state index in [4.69, 9.17) is 0 Å². The lowest BCUT2D eigenvalue weighted by molar-refractivity contribution is 1.26. The lowest BCUT2D eigenvalue weighted by atomic mass is 10.1. The zero-order valence-electron chi connectivity index (χ0n) is 45.3. The molecule has 0 atom stereocenters. The Morgan fingerprint density at radius 1 is 0.188 bits per heavy atom. The van der Waals surface area contributed by atoms with Gasteiger partial charge in [0, 0.05) is 0 Å². The van der Waals surface area contributed by atoms with E-state index >= 15 is 0 Å². The van der Waals surface area contributed by atoms with Crippen molar-refractivity contribution in [3.63, 3.8) is 0 Å². The second-order valence-electron chi connectivity index (χ2n) is 9.30. The fourth-order valence-electron chi connectivity index (χ4n) is 4.37. The Labute approximate surface area is 403 Å². The van der Waals surface area contributed by atoms with E-state index in [1.807, 2.05) is 262 Å². The highest BCUT2D eigenvalue weighted by molar-refractivity contribution is 5.82. The maximum atomic E-state index is 2.22. The van der Waals surface area contributed by atoms with E-state index in [2.05, 4.69) is 97.1 Å². The van der Waals surface area contributed by atoms with Crippen molar-refractivity contribution in [2.45, 2.75) is 166 Å². The van der Waals surface area contributed by atoms with E-state index in [1.165, 1.54) is 33.0 Å². The second kappa shape index (κ2) is 81.6. The Balaban J connectivity index is -0.0000000774. The highest BCUT2D eigenvalue weighted by Crippen LogP contribution is 2.35. The first-order valence-electron chi connectivity index (χ1n) is 25.0. The topological polar surface area (TPSA) is 0 Å². The minimum atomic E-state index is 0. The van der Waals surface area contributed by atoms with Crippen LogP contribution in [0.25, 0.3) is 21.9 Å². The summed E-state index contributed by atoms with van der Waals surface area (Å²) in [6.07, 6.45) is 1.10. The molecule has 0 unspecified atom stereocenters. The summed E-state index contributed by atoms with van der Waals surface area (Å²) < 4.78 is 0. The summed E-state index contributed by atoms with van der Waals surface area (Å²) in [5.74, 6) is 0. The third-order valence-electron chi connectivity index (χ3n) is 6.36. The van der Waals surface area contributed by atoms with E-state index in [1.54, 1.807) is 0 Å². The van der Waals surface area contributed by atoms with Crippen molar-refractivity contribution >= 4 is 10.8 Å². The summed E-state index contributed by atoms with van der Waals surface area (Å²) in [6.45, 7) is 44.0. The molecule has 64 heavy (non-hydrogen) atoms. The molecule has 7 aromatic carbocycles. The molecule has 1 aliphatic carbocycles. The smallest absolute Gasteiger partial charge is 0.00135 e. The van der Waals surface area contributed by atoms with E-state index in [9.17, 15) is 0 Å². The number of rotatable bonds is 0. The standard InChI is InChI=1S/C13H10.C10H8.3C6H6.11C2H6.CH4/c1-3-7-12-10(5-1)9-11-6-2-4-8-13(11)12;1-2-6-10-8-4-3-7-9(10)5-1;3*1-2-4-6-5-3-1;11*1-2;/h1-8H,9H2;1-8H;3*1-6H;11*1-2H3;1H4. The summed E-state index contributed by atoms with van der Waals surface area (Å²) in [6, 6.07) is 70.0. The summed E-state index contributed by atoms with van der Waals surface area (Å²) in [4.78, 5) is 0. The van der Waals surface area contributed by atoms with Crippen LogP contribution in [0.15, 0.2) is 206 Å². The molecular formula is C64H106. The van der Waals surface area contributed by atoms with E-state index in [0.717, 1.165) is 6.42 Å². The molecule has 0 N–H and O–H groups in total. The van der Waals surface area contributed by atoms with Crippen LogP contribution in [0, 0.1) is 0 Å². The summed E-state index contributed by atoms with van der Waals surface area (Å²) in [5, 5.41) is 2.62. The predicted octanol–water partition coefficient (Wildman–Crippen LogP) is 23.1. The number of benzene rings is 7. The third-order valence-corrected chi connectivity index (χ3v) is 6.36. The first kappa shape index (κ1) is 79.2. The molecule has 0 fully saturated rings. The maximum Gasteiger partial charge on any atom is -0.00135 e. The van der Waals surface area contributed by atoms with Crippen LogP contribution >= 0.6 is 0 Å². The first-order chi connectivity index (χ1) is 31.4. The Kier molecular flexibility index (Phi) is 101. The van der Waals surface area contributed by atoms with Gasteiger partial charge in [-0.2, -0.15) is 0 Å². The Morgan fingerprint density at radius 2 is 0.328 bits per heavy atom. The van der Waals surface area contributed by atoms with Crippen molar-refractivity contribution in [2.24, 2.45) is 0 Å². The first-order valence-corrected chi connectivity index (χ1v) is 25.0. The third kappa shape index (κ3) is 47.8. The minimum absolute atomic E-state index is 0. The van der Waals surface area contributed by atoms with Crippen LogP contribution in [0.5, 0.6) is 0 Å². The van der Waals surface area contributed by atoms with Gasteiger partial charge in [-0.15, -0.1) is 0 Å². The van der Waals surface area contributed by atoms with Crippen molar-refractivity contribution < 1.29 is 0 Å². The molecule has 1 aliphatic rings. The lowest BCUT2D eigenvalue weighted by Gasteiger charge is -1.98. The molecule has 362 valence electrons. The van der Waals surface area contributed by atoms with Crippen LogP contribution in [0.2, 0.25) is 0 Å². The van der Waals surface area contributed by atoms with Crippen LogP contribution in [0.1, 0.15) is 171 Å². The summed E-state index contributed by atoms with van der Waals surface area (Å²) in [7, 11) is 0. The monoisotopic (exact) mass is 875 g/mol. The van der Waals surface area contributed by atoms with Crippen LogP contribution in [-0.4, -0.2) is 0 Å². The zero-order valence-corrected chi connectivity index (χ0v) is 45.3. The summed E-state index contributed by atoms with van der Waals surface area (Å²) >= 11 is 0. The average Bonchev–Trinajstić information content (AvgIpc) is 3.84. The van der Waals surface area contributed by atoms with E-state index < -0.39 is 0 Å². The van der Waals surface area contributed by atoms with Crippen LogP contribution in [-0.2, 0) is 6.42 Å². The van der Waals surface area contributed by atoms with Gasteiger partial charge in [-0.25, -0.2) is 0 Å². The Bertz CT molecular complexity index is 1370. The molecule has 0 saturated heterocycles. The fourth-order valence-corrected chi connectivity index (χ4v) is 4.37. The molecule has 0 aromatic heterocycles. The largest absolute Gasteiger partial charge is 0.0776 e. The van der Waals surface area contributed by atoms with Gasteiger partial charge < -0.3 is 0 Å². The minimum Gasteiger partial charge on any atom is -0.0776 e. The highest BCUT2D eigenvalue weighted by atomic mass is 14.2. The molecule has 0 heteroatoms. The van der Waals surface area contributed by atoms with Gasteiger partial charge in [0.05, 0.1) is 0 Å². The van der Waals surface area contributed by atoms with Crippen molar-refractivity contribution in [1.82, 2.24) is 0 Å². The second-order valence-corrected chi connectivity index (χ2v) is 9.30. The zero-order chi connectivity index (χ0) is 50.2. The molecule has 0 saturated carbocycles. The highest BCUT2D eigenvalue weighted by Gasteiger charge is 2.15. The van der Waals surface area contributed by atoms with Crippen molar-refractivity contribution in [3.05, 3.63) is 217 Å². The van der Waals surface area contributed by atoms with Crippen molar-refractivity contribution in [3.8, 4) is 11.1 Å². The predicted molar refractivity (Wildman–Crippen MR) is 310 cm³/mol. The van der Waals surface area contributed by atoms with Crippen LogP contribution in [0.3, 0.4) is 0 Å². The molecule has 0 radical (unpaired) electrons. The fraction of sp³-hybridized carbons (Fsp3) is 0.375. The molecule has 0 spiro atoms. The Hall–Kier alpha value is -5.20. The molecular weight excluding hydrogens is 769 g/mol. The molecule has 0 bridgehead atoms. The Morgan fingerprint density at radius 3 is 0.500 bits per heavy atom. The summed E-state index contributed by atoms with van der Waals surface area (Å²) in [5.41, 5.74) is 5.75. The molecule has 0 nitrogen and oxygen atoms in total. The molecule has 0 heterocycles. The van der Waals surface area contributed by atoms with Crippen molar-refractivity contribution in [2.75, 3.05) is 0 Å². The van der Waals surface area contributed by atoms with Gasteiger partial charge in [-0.1, -0.05) is 366 Å². The number of fused-ring (bicyclic) bond motifs is 4. The van der Waals surface area contributed by atoms with Crippen LogP contribution in [0.4, 0.5) is 0 Å². The molecule has 7 aromatic rings. The van der Waals surface area contributed by atoms with Gasteiger partial charge in [0.15, 0.2) is 0 Å². The van der Waals surface area contributed by atoms with Gasteiger partial charge in [0.25, 0.3) is 0 Å². The lowest BCUT2D eigenvalue weighted by Crippen LogP contribution is -1.77. The SMILES string of the molecule is C.CC.CC.CC.CC.CC.CC.CC.CC.CC.CC.CC.c1ccc2c(c1)Cc1ccccc1-2.c1ccc2ccccc2c1.c1ccccc1.c1ccccc1.c1ccccc1. The molecule has 8 rings (SSSR count). The van der Waals surface area contributed by atoms with Gasteiger partial charge in [0.1, 0.15) is 0 Å². The average molecular weight is 876 g/mol. The van der Waals surface area contributed by atoms with Gasteiger partial charge in [0.2, 0.25) is 0 Å². The van der Waals surface area contributed by atoms with E-state index in [0.29, 0.717) is 0 Å². The van der Waals surface area contributed by atoms with E-state index in [-0.39, 0.29) is 7.43 Å². The maximum absolute atomic E-state index is 2.22. The van der Waals surface area contributed by atoms with Crippen LogP contribution < -0.4 is 0 Å². The van der Waals surface area contributed by atoms with Gasteiger partial charge in [-0.3, -0.25) is 0 Å². The van der Waals surface area contributed by atoms with Gasteiger partial charge >= 0.3 is 0 Å².